The van der Waals surface area contributed by atoms with Crippen molar-refractivity contribution in [2.24, 2.45) is 4.99 Å². The van der Waals surface area contributed by atoms with E-state index in [4.69, 9.17) is 9.84 Å². The Bertz CT molecular complexity index is 1440. The van der Waals surface area contributed by atoms with Crippen molar-refractivity contribution in [2.45, 2.75) is 26.8 Å². The summed E-state index contributed by atoms with van der Waals surface area (Å²) in [5.41, 5.74) is 3.29. The third kappa shape index (κ3) is 4.29. The number of carboxylic acid groups (broad SMARTS) is 1. The summed E-state index contributed by atoms with van der Waals surface area (Å²) in [6.45, 7) is 5.67. The number of fused-ring (bicyclic) bond motifs is 1. The van der Waals surface area contributed by atoms with Crippen LogP contribution in [0.1, 0.15) is 46.9 Å². The van der Waals surface area contributed by atoms with Gasteiger partial charge in [-0.05, 0) is 50.1 Å². The van der Waals surface area contributed by atoms with E-state index in [0.29, 0.717) is 26.2 Å². The number of thiazole rings is 1. The molecule has 0 unspecified atom stereocenters. The zero-order valence-corrected chi connectivity index (χ0v) is 19.2. The van der Waals surface area contributed by atoms with Gasteiger partial charge in [-0.2, -0.15) is 0 Å². The van der Waals surface area contributed by atoms with Gasteiger partial charge in [-0.25, -0.2) is 14.6 Å². The van der Waals surface area contributed by atoms with E-state index in [0.717, 1.165) is 11.1 Å². The molecular weight excluding hydrogens is 440 g/mol. The quantitative estimate of drug-likeness (QED) is 0.588. The Hall–Kier alpha value is -3.78. The Kier molecular flexibility index (Phi) is 6.11. The number of carbonyl (C=O) groups excluding carboxylic acids is 1. The van der Waals surface area contributed by atoms with Crippen LogP contribution in [0.3, 0.4) is 0 Å². The number of esters is 1. The van der Waals surface area contributed by atoms with Crippen molar-refractivity contribution in [3.05, 3.63) is 102 Å². The number of ether oxygens (including phenoxy) is 1. The van der Waals surface area contributed by atoms with Crippen LogP contribution in [0.2, 0.25) is 0 Å². The third-order valence-electron chi connectivity index (χ3n) is 5.37. The summed E-state index contributed by atoms with van der Waals surface area (Å²) in [4.78, 5) is 42.5. The third-order valence-corrected chi connectivity index (χ3v) is 6.35. The van der Waals surface area contributed by atoms with Crippen LogP contribution in [0.5, 0.6) is 0 Å². The van der Waals surface area contributed by atoms with E-state index in [-0.39, 0.29) is 17.7 Å². The normalized spacial score (nSPS) is 15.7. The maximum atomic E-state index is 13.5. The smallest absolute Gasteiger partial charge is 0.338 e. The first-order chi connectivity index (χ1) is 15.8. The SMILES string of the molecule is CCOC(=O)C1=C(C)N=c2s/c(=C/c3ccc(C(=O)O)cc3)c(=O)n2[C@H]1c1ccc(C)cc1. The van der Waals surface area contributed by atoms with Gasteiger partial charge in [-0.1, -0.05) is 53.3 Å². The summed E-state index contributed by atoms with van der Waals surface area (Å²) in [5, 5.41) is 9.09. The van der Waals surface area contributed by atoms with E-state index in [2.05, 4.69) is 4.99 Å². The lowest BCUT2D eigenvalue weighted by Gasteiger charge is -2.24. The standard InChI is InChI=1S/C25H22N2O5S/c1-4-32-24(31)20-15(3)26-25-27(21(20)17-9-5-14(2)6-10-17)22(28)19(33-25)13-16-7-11-18(12-8-16)23(29)30/h5-13,21H,4H2,1-3H3,(H,29,30)/b19-13+/t21-/m0/s1. The molecule has 1 aromatic heterocycles. The molecule has 33 heavy (non-hydrogen) atoms. The van der Waals surface area contributed by atoms with Gasteiger partial charge >= 0.3 is 11.9 Å². The predicted molar refractivity (Wildman–Crippen MR) is 125 cm³/mol. The van der Waals surface area contributed by atoms with E-state index in [1.807, 2.05) is 31.2 Å². The van der Waals surface area contributed by atoms with Gasteiger partial charge in [-0.3, -0.25) is 9.36 Å². The van der Waals surface area contributed by atoms with Crippen molar-refractivity contribution < 1.29 is 19.4 Å². The van der Waals surface area contributed by atoms with E-state index >= 15 is 0 Å². The fourth-order valence-corrected chi connectivity index (χ4v) is 4.78. The highest BCUT2D eigenvalue weighted by atomic mass is 32.1. The number of rotatable bonds is 5. The zero-order valence-electron chi connectivity index (χ0n) is 18.4. The van der Waals surface area contributed by atoms with Crippen LogP contribution >= 0.6 is 11.3 Å². The molecule has 0 bridgehead atoms. The van der Waals surface area contributed by atoms with Crippen molar-refractivity contribution in [1.82, 2.24) is 4.57 Å². The molecule has 7 nitrogen and oxygen atoms in total. The maximum absolute atomic E-state index is 13.5. The molecule has 1 aliphatic rings. The second-order valence-corrected chi connectivity index (χ2v) is 8.65. The molecule has 0 saturated carbocycles. The van der Waals surface area contributed by atoms with Gasteiger partial charge in [0, 0.05) is 0 Å². The van der Waals surface area contributed by atoms with Crippen molar-refractivity contribution in [3.63, 3.8) is 0 Å². The minimum absolute atomic E-state index is 0.169. The van der Waals surface area contributed by atoms with Gasteiger partial charge in [0.15, 0.2) is 4.80 Å². The largest absolute Gasteiger partial charge is 0.478 e. The number of nitrogens with zero attached hydrogens (tertiary/aromatic N) is 2. The lowest BCUT2D eigenvalue weighted by atomic mass is 9.95. The Balaban J connectivity index is 1.90. The average molecular weight is 463 g/mol. The molecule has 1 aliphatic heterocycles. The second kappa shape index (κ2) is 8.99. The molecule has 0 aliphatic carbocycles. The van der Waals surface area contributed by atoms with E-state index in [9.17, 15) is 14.4 Å². The van der Waals surface area contributed by atoms with Gasteiger partial charge in [0.1, 0.15) is 0 Å². The summed E-state index contributed by atoms with van der Waals surface area (Å²) < 4.78 is 7.26. The molecule has 1 N–H and O–H groups in total. The van der Waals surface area contributed by atoms with Crippen LogP contribution in [0.4, 0.5) is 0 Å². The maximum Gasteiger partial charge on any atom is 0.338 e. The fourth-order valence-electron chi connectivity index (χ4n) is 3.73. The Morgan fingerprint density at radius 3 is 2.39 bits per heavy atom. The number of allylic oxidation sites excluding steroid dienone is 1. The molecule has 0 radical (unpaired) electrons. The van der Waals surface area contributed by atoms with Crippen LogP contribution in [0, 0.1) is 6.92 Å². The number of benzene rings is 2. The van der Waals surface area contributed by atoms with Crippen molar-refractivity contribution >= 4 is 29.4 Å². The molecule has 4 rings (SSSR count). The van der Waals surface area contributed by atoms with Gasteiger partial charge in [0.25, 0.3) is 5.56 Å². The summed E-state index contributed by atoms with van der Waals surface area (Å²) in [5.74, 6) is -1.51. The van der Waals surface area contributed by atoms with Gasteiger partial charge in [-0.15, -0.1) is 0 Å². The molecule has 1 atom stereocenters. The van der Waals surface area contributed by atoms with E-state index in [1.165, 1.54) is 28.0 Å². The monoisotopic (exact) mass is 462 g/mol. The Morgan fingerprint density at radius 2 is 1.79 bits per heavy atom. The van der Waals surface area contributed by atoms with Crippen molar-refractivity contribution in [3.8, 4) is 0 Å². The molecular formula is C25H22N2O5S. The van der Waals surface area contributed by atoms with Crippen molar-refractivity contribution in [2.75, 3.05) is 6.61 Å². The number of aromatic carboxylic acids is 1. The number of aromatic nitrogens is 1. The Morgan fingerprint density at radius 1 is 1.12 bits per heavy atom. The van der Waals surface area contributed by atoms with Gasteiger partial charge in [0.05, 0.1) is 34.0 Å². The van der Waals surface area contributed by atoms with Crippen LogP contribution in [0.15, 0.2) is 69.6 Å². The van der Waals surface area contributed by atoms with Crippen LogP contribution in [-0.2, 0) is 9.53 Å². The number of hydrogen-bond donors (Lipinski definition) is 1. The van der Waals surface area contributed by atoms with Gasteiger partial charge in [0.2, 0.25) is 0 Å². The number of carboxylic acids is 1. The average Bonchev–Trinajstić information content (AvgIpc) is 3.08. The zero-order chi connectivity index (χ0) is 23.7. The summed E-state index contributed by atoms with van der Waals surface area (Å²) in [6.07, 6.45) is 1.70. The molecule has 168 valence electrons. The van der Waals surface area contributed by atoms with Crippen LogP contribution in [-0.4, -0.2) is 28.2 Å². The summed E-state index contributed by atoms with van der Waals surface area (Å²) in [6, 6.07) is 13.3. The molecule has 0 fully saturated rings. The predicted octanol–water partition coefficient (Wildman–Crippen LogP) is 2.80. The van der Waals surface area contributed by atoms with E-state index < -0.39 is 18.0 Å². The first-order valence-corrected chi connectivity index (χ1v) is 11.2. The highest BCUT2D eigenvalue weighted by Crippen LogP contribution is 2.30. The first kappa shape index (κ1) is 22.4. The number of carbonyl (C=O) groups is 2. The highest BCUT2D eigenvalue weighted by molar-refractivity contribution is 7.07. The van der Waals surface area contributed by atoms with E-state index in [1.54, 1.807) is 32.1 Å². The molecule has 0 amide bonds. The minimum atomic E-state index is -1.01. The second-order valence-electron chi connectivity index (χ2n) is 7.64. The molecule has 2 aromatic carbocycles. The lowest BCUT2D eigenvalue weighted by molar-refractivity contribution is -0.139. The molecule has 3 aromatic rings. The first-order valence-electron chi connectivity index (χ1n) is 10.4. The fraction of sp³-hybridized carbons (Fsp3) is 0.200. The molecule has 0 spiro atoms. The lowest BCUT2D eigenvalue weighted by Crippen LogP contribution is -2.39. The van der Waals surface area contributed by atoms with Crippen LogP contribution < -0.4 is 14.9 Å². The molecule has 2 heterocycles. The van der Waals surface area contributed by atoms with Gasteiger partial charge < -0.3 is 9.84 Å². The molecule has 0 saturated heterocycles. The number of hydrogen-bond acceptors (Lipinski definition) is 6. The minimum Gasteiger partial charge on any atom is -0.478 e. The highest BCUT2D eigenvalue weighted by Gasteiger charge is 2.33. The van der Waals surface area contributed by atoms with Crippen LogP contribution in [0.25, 0.3) is 6.08 Å². The van der Waals surface area contributed by atoms with Crippen molar-refractivity contribution in [1.29, 1.82) is 0 Å². The number of aryl methyl sites for hydroxylation is 1. The summed E-state index contributed by atoms with van der Waals surface area (Å²) >= 11 is 1.23. The summed E-state index contributed by atoms with van der Waals surface area (Å²) in [7, 11) is 0. The Labute approximate surface area is 193 Å². The molecule has 8 heteroatoms. The topological polar surface area (TPSA) is 98.0 Å².